The van der Waals surface area contributed by atoms with Crippen LogP contribution in [0.5, 0.6) is 5.75 Å². The summed E-state index contributed by atoms with van der Waals surface area (Å²) in [5, 5.41) is 8.81. The third-order valence-corrected chi connectivity index (χ3v) is 4.81. The van der Waals surface area contributed by atoms with Crippen LogP contribution in [0.25, 0.3) is 22.1 Å². The van der Waals surface area contributed by atoms with E-state index >= 15 is 0 Å². The summed E-state index contributed by atoms with van der Waals surface area (Å²) in [6.45, 7) is 4.17. The van der Waals surface area contributed by atoms with E-state index in [9.17, 15) is 4.79 Å². The molecular formula is C20H18N6O3. The zero-order valence-electron chi connectivity index (χ0n) is 15.8. The number of hydrogen-bond acceptors (Lipinski definition) is 7. The number of amides is 1. The van der Waals surface area contributed by atoms with Gasteiger partial charge in [-0.2, -0.15) is 0 Å². The number of pyridine rings is 2. The van der Waals surface area contributed by atoms with Gasteiger partial charge in [0.05, 0.1) is 18.7 Å². The minimum absolute atomic E-state index is 0.0328. The smallest absolute Gasteiger partial charge is 0.254 e. The maximum Gasteiger partial charge on any atom is 0.254 e. The molecule has 29 heavy (non-hydrogen) atoms. The molecule has 1 aliphatic rings. The Morgan fingerprint density at radius 1 is 1.14 bits per heavy atom. The SMILES string of the molecule is Cc1cc(On2nnc3cccnc32)c2cc(C(=O)N3CCOCC3)ccc2n1. The topological polar surface area (TPSA) is 95.3 Å². The van der Waals surface area contributed by atoms with Crippen molar-refractivity contribution in [2.24, 2.45) is 0 Å². The Hall–Kier alpha value is -3.59. The van der Waals surface area contributed by atoms with Gasteiger partial charge < -0.3 is 14.5 Å². The van der Waals surface area contributed by atoms with Crippen LogP contribution in [0.2, 0.25) is 0 Å². The summed E-state index contributed by atoms with van der Waals surface area (Å²) < 4.78 is 5.34. The van der Waals surface area contributed by atoms with Gasteiger partial charge in [-0.15, -0.1) is 5.10 Å². The Kier molecular flexibility index (Phi) is 4.28. The molecule has 0 atom stereocenters. The first kappa shape index (κ1) is 17.5. The van der Waals surface area contributed by atoms with Crippen molar-refractivity contribution >= 4 is 28.0 Å². The average molecular weight is 390 g/mol. The van der Waals surface area contributed by atoms with Crippen LogP contribution in [0.1, 0.15) is 16.1 Å². The fourth-order valence-corrected chi connectivity index (χ4v) is 3.38. The maximum absolute atomic E-state index is 12.9. The highest BCUT2D eigenvalue weighted by atomic mass is 16.7. The largest absolute Gasteiger partial charge is 0.378 e. The van der Waals surface area contributed by atoms with E-state index in [1.165, 1.54) is 4.85 Å². The van der Waals surface area contributed by atoms with E-state index in [0.717, 1.165) is 11.2 Å². The minimum Gasteiger partial charge on any atom is -0.378 e. The van der Waals surface area contributed by atoms with E-state index in [0.29, 0.717) is 54.2 Å². The Bertz CT molecular complexity index is 1220. The van der Waals surface area contributed by atoms with Crippen LogP contribution in [0.4, 0.5) is 0 Å². The molecule has 0 unspecified atom stereocenters. The second-order valence-corrected chi connectivity index (χ2v) is 6.80. The molecule has 9 heteroatoms. The van der Waals surface area contributed by atoms with E-state index in [1.807, 2.05) is 25.1 Å². The highest BCUT2D eigenvalue weighted by Gasteiger charge is 2.20. The van der Waals surface area contributed by atoms with Gasteiger partial charge in [-0.05, 0) is 42.5 Å². The second kappa shape index (κ2) is 7.10. The summed E-state index contributed by atoms with van der Waals surface area (Å²) in [6.07, 6.45) is 1.65. The molecule has 0 saturated carbocycles. The van der Waals surface area contributed by atoms with Crippen molar-refractivity contribution in [1.82, 2.24) is 30.0 Å². The lowest BCUT2D eigenvalue weighted by molar-refractivity contribution is 0.0303. The van der Waals surface area contributed by atoms with Crippen LogP contribution >= 0.6 is 0 Å². The van der Waals surface area contributed by atoms with Gasteiger partial charge >= 0.3 is 0 Å². The second-order valence-electron chi connectivity index (χ2n) is 6.80. The third-order valence-electron chi connectivity index (χ3n) is 4.81. The van der Waals surface area contributed by atoms with Gasteiger partial charge in [0.25, 0.3) is 5.91 Å². The van der Waals surface area contributed by atoms with Crippen LogP contribution < -0.4 is 4.84 Å². The van der Waals surface area contributed by atoms with Gasteiger partial charge in [0.1, 0.15) is 5.52 Å². The third kappa shape index (κ3) is 3.25. The van der Waals surface area contributed by atoms with Gasteiger partial charge in [0.15, 0.2) is 5.75 Å². The van der Waals surface area contributed by atoms with Crippen LogP contribution in [-0.2, 0) is 4.74 Å². The van der Waals surface area contributed by atoms with Gasteiger partial charge in [-0.25, -0.2) is 4.98 Å². The van der Waals surface area contributed by atoms with Crippen LogP contribution in [-0.4, -0.2) is 62.2 Å². The molecule has 1 fully saturated rings. The zero-order valence-corrected chi connectivity index (χ0v) is 15.8. The number of hydrogen-bond donors (Lipinski definition) is 0. The van der Waals surface area contributed by atoms with Crippen molar-refractivity contribution in [1.29, 1.82) is 0 Å². The van der Waals surface area contributed by atoms with Crippen molar-refractivity contribution in [3.05, 3.63) is 53.9 Å². The van der Waals surface area contributed by atoms with Crippen LogP contribution in [0, 0.1) is 6.92 Å². The molecule has 1 aromatic carbocycles. The molecular weight excluding hydrogens is 372 g/mol. The average Bonchev–Trinajstić information content (AvgIpc) is 3.16. The van der Waals surface area contributed by atoms with Gasteiger partial charge in [-0.3, -0.25) is 9.78 Å². The molecule has 0 N–H and O–H groups in total. The Morgan fingerprint density at radius 2 is 2.00 bits per heavy atom. The number of carbonyl (C=O) groups is 1. The van der Waals surface area contributed by atoms with Crippen molar-refractivity contribution in [2.75, 3.05) is 26.3 Å². The molecule has 5 rings (SSSR count). The van der Waals surface area contributed by atoms with E-state index in [1.54, 1.807) is 29.3 Å². The fourth-order valence-electron chi connectivity index (χ4n) is 3.38. The monoisotopic (exact) mass is 390 g/mol. The summed E-state index contributed by atoms with van der Waals surface area (Å²) in [4.78, 5) is 30.8. The zero-order chi connectivity index (χ0) is 19.8. The van der Waals surface area contributed by atoms with Crippen molar-refractivity contribution in [3.63, 3.8) is 0 Å². The molecule has 9 nitrogen and oxygen atoms in total. The molecule has 0 bridgehead atoms. The summed E-state index contributed by atoms with van der Waals surface area (Å²) in [5.74, 6) is 0.496. The quantitative estimate of drug-likeness (QED) is 0.528. The first-order valence-electron chi connectivity index (χ1n) is 9.32. The molecule has 1 saturated heterocycles. The van der Waals surface area contributed by atoms with E-state index in [2.05, 4.69) is 20.3 Å². The number of ether oxygens (including phenoxy) is 1. The minimum atomic E-state index is -0.0328. The number of aromatic nitrogens is 5. The highest BCUT2D eigenvalue weighted by molar-refractivity contribution is 5.99. The van der Waals surface area contributed by atoms with E-state index < -0.39 is 0 Å². The molecule has 4 aromatic rings. The summed E-state index contributed by atoms with van der Waals surface area (Å²) in [6, 6.07) is 10.8. The van der Waals surface area contributed by atoms with Crippen LogP contribution in [0.3, 0.4) is 0 Å². The number of carbonyl (C=O) groups excluding carboxylic acids is 1. The van der Waals surface area contributed by atoms with E-state index in [-0.39, 0.29) is 5.91 Å². The Labute approximate surface area is 165 Å². The first-order valence-corrected chi connectivity index (χ1v) is 9.32. The molecule has 4 heterocycles. The molecule has 1 aliphatic heterocycles. The predicted molar refractivity (Wildman–Crippen MR) is 105 cm³/mol. The predicted octanol–water partition coefficient (Wildman–Crippen LogP) is 2.00. The van der Waals surface area contributed by atoms with Crippen molar-refractivity contribution < 1.29 is 14.4 Å². The first-order chi connectivity index (χ1) is 14.2. The molecule has 1 amide bonds. The Morgan fingerprint density at radius 3 is 2.86 bits per heavy atom. The number of rotatable bonds is 3. The summed E-state index contributed by atoms with van der Waals surface area (Å²) in [7, 11) is 0. The lowest BCUT2D eigenvalue weighted by Crippen LogP contribution is -2.40. The normalized spacial score (nSPS) is 14.4. The molecule has 3 aromatic heterocycles. The number of morpholine rings is 1. The Balaban J connectivity index is 1.56. The number of nitrogens with zero attached hydrogens (tertiary/aromatic N) is 6. The summed E-state index contributed by atoms with van der Waals surface area (Å²) in [5.41, 5.74) is 3.24. The standard InChI is InChI=1S/C20H18N6O3/c1-13-11-18(29-26-19-17(23-24-26)3-2-6-21-19)15-12-14(4-5-16(15)22-13)20(27)25-7-9-28-10-8-25/h2-6,11-12H,7-10H2,1H3. The molecule has 0 aliphatic carbocycles. The maximum atomic E-state index is 12.9. The number of benzene rings is 1. The van der Waals surface area contributed by atoms with Crippen molar-refractivity contribution in [3.8, 4) is 5.75 Å². The fraction of sp³-hybridized carbons (Fsp3) is 0.250. The summed E-state index contributed by atoms with van der Waals surface area (Å²) >= 11 is 0. The molecule has 0 spiro atoms. The van der Waals surface area contributed by atoms with Gasteiger partial charge in [0.2, 0.25) is 5.65 Å². The highest BCUT2D eigenvalue weighted by Crippen LogP contribution is 2.28. The van der Waals surface area contributed by atoms with Crippen molar-refractivity contribution in [2.45, 2.75) is 6.92 Å². The lowest BCUT2D eigenvalue weighted by atomic mass is 10.1. The van der Waals surface area contributed by atoms with Gasteiger partial charge in [0, 0.05) is 42.0 Å². The molecule has 0 radical (unpaired) electrons. The molecule has 146 valence electrons. The number of fused-ring (bicyclic) bond motifs is 2. The number of aryl methyl sites for hydroxylation is 1. The van der Waals surface area contributed by atoms with Crippen LogP contribution in [0.15, 0.2) is 42.6 Å². The van der Waals surface area contributed by atoms with Gasteiger partial charge in [-0.1, -0.05) is 4.85 Å². The van der Waals surface area contributed by atoms with E-state index in [4.69, 9.17) is 9.57 Å². The lowest BCUT2D eigenvalue weighted by Gasteiger charge is -2.27.